The second-order valence-corrected chi connectivity index (χ2v) is 8.99. The van der Waals surface area contributed by atoms with Crippen LogP contribution in [0, 0.1) is 12.7 Å². The van der Waals surface area contributed by atoms with E-state index in [9.17, 15) is 18.8 Å². The Bertz CT molecular complexity index is 1510. The molecule has 0 atom stereocenters. The molecule has 5 rings (SSSR count). The van der Waals surface area contributed by atoms with Gasteiger partial charge in [-0.2, -0.15) is 0 Å². The Hall–Kier alpha value is -4.37. The first-order valence-corrected chi connectivity index (χ1v) is 12.0. The van der Waals surface area contributed by atoms with E-state index in [1.165, 1.54) is 24.3 Å². The number of fused-ring (bicyclic) bond motifs is 1. The summed E-state index contributed by atoms with van der Waals surface area (Å²) in [7, 11) is 0. The number of hydrogen-bond acceptors (Lipinski definition) is 5. The van der Waals surface area contributed by atoms with Gasteiger partial charge in [0.15, 0.2) is 0 Å². The number of carbonyl (C=O) groups excluding carboxylic acids is 2. The minimum Gasteiger partial charge on any atom is -0.336 e. The second kappa shape index (κ2) is 10.3. The van der Waals surface area contributed by atoms with E-state index >= 15 is 0 Å². The van der Waals surface area contributed by atoms with Crippen LogP contribution in [-0.2, 0) is 4.79 Å². The summed E-state index contributed by atoms with van der Waals surface area (Å²) >= 11 is 0. The maximum absolute atomic E-state index is 13.1. The van der Waals surface area contributed by atoms with E-state index in [-0.39, 0.29) is 29.7 Å². The van der Waals surface area contributed by atoms with Crippen molar-refractivity contribution >= 4 is 28.4 Å². The SMILES string of the molecule is Cc1nc2ccccc2c(=O)n1-c1ccc(C(=O)N2CCN(CC(=O)Nc3ccc(F)cc3)CC2)cc1. The fraction of sp³-hybridized carbons (Fsp3) is 0.214. The van der Waals surface area contributed by atoms with Gasteiger partial charge in [-0.05, 0) is 67.6 Å². The zero-order valence-electron chi connectivity index (χ0n) is 20.4. The molecule has 0 unspecified atom stereocenters. The Balaban J connectivity index is 1.20. The summed E-state index contributed by atoms with van der Waals surface area (Å²) in [5.74, 6) is -0.0659. The molecule has 0 saturated carbocycles. The Labute approximate surface area is 213 Å². The van der Waals surface area contributed by atoms with Crippen LogP contribution < -0.4 is 10.9 Å². The average molecular weight is 500 g/mol. The summed E-state index contributed by atoms with van der Waals surface area (Å²) in [6.45, 7) is 4.11. The number of para-hydroxylation sites is 1. The molecule has 9 heteroatoms. The van der Waals surface area contributed by atoms with Crippen molar-refractivity contribution in [2.24, 2.45) is 0 Å². The molecule has 0 spiro atoms. The van der Waals surface area contributed by atoms with E-state index in [4.69, 9.17) is 0 Å². The van der Waals surface area contributed by atoms with Crippen LogP contribution in [0.25, 0.3) is 16.6 Å². The molecule has 1 aliphatic heterocycles. The first-order valence-electron chi connectivity index (χ1n) is 12.0. The Morgan fingerprint density at radius 3 is 2.30 bits per heavy atom. The quantitative estimate of drug-likeness (QED) is 0.456. The predicted octanol–water partition coefficient (Wildman–Crippen LogP) is 3.23. The van der Waals surface area contributed by atoms with E-state index in [1.54, 1.807) is 46.7 Å². The molecule has 2 heterocycles. The van der Waals surface area contributed by atoms with Gasteiger partial charge in [-0.15, -0.1) is 0 Å². The lowest BCUT2D eigenvalue weighted by Crippen LogP contribution is -2.50. The molecule has 0 radical (unpaired) electrons. The first-order chi connectivity index (χ1) is 17.9. The molecule has 4 aromatic rings. The van der Waals surface area contributed by atoms with Crippen LogP contribution >= 0.6 is 0 Å². The molecule has 1 fully saturated rings. The van der Waals surface area contributed by atoms with Gasteiger partial charge in [0.05, 0.1) is 23.1 Å². The number of halogens is 1. The van der Waals surface area contributed by atoms with Crippen LogP contribution in [0.4, 0.5) is 10.1 Å². The van der Waals surface area contributed by atoms with Crippen molar-refractivity contribution in [3.63, 3.8) is 0 Å². The normalized spacial score (nSPS) is 14.1. The number of nitrogens with one attached hydrogen (secondary N) is 1. The molecule has 1 aliphatic rings. The zero-order valence-corrected chi connectivity index (χ0v) is 20.4. The average Bonchev–Trinajstić information content (AvgIpc) is 2.90. The van der Waals surface area contributed by atoms with Crippen molar-refractivity contribution in [1.29, 1.82) is 0 Å². The second-order valence-electron chi connectivity index (χ2n) is 8.99. The maximum Gasteiger partial charge on any atom is 0.265 e. The molecule has 1 aromatic heterocycles. The number of anilines is 1. The van der Waals surface area contributed by atoms with Gasteiger partial charge in [0.2, 0.25) is 5.91 Å². The van der Waals surface area contributed by atoms with Gasteiger partial charge in [-0.3, -0.25) is 23.9 Å². The van der Waals surface area contributed by atoms with Crippen molar-refractivity contribution in [2.45, 2.75) is 6.92 Å². The van der Waals surface area contributed by atoms with Crippen molar-refractivity contribution < 1.29 is 14.0 Å². The monoisotopic (exact) mass is 499 g/mol. The van der Waals surface area contributed by atoms with Gasteiger partial charge in [-0.25, -0.2) is 9.37 Å². The Morgan fingerprint density at radius 2 is 1.59 bits per heavy atom. The van der Waals surface area contributed by atoms with Gasteiger partial charge in [0.25, 0.3) is 11.5 Å². The number of aryl methyl sites for hydroxylation is 1. The minimum atomic E-state index is -0.358. The zero-order chi connectivity index (χ0) is 25.9. The lowest BCUT2D eigenvalue weighted by atomic mass is 10.1. The third-order valence-corrected chi connectivity index (χ3v) is 6.47. The molecule has 0 aliphatic carbocycles. The molecule has 37 heavy (non-hydrogen) atoms. The highest BCUT2D eigenvalue weighted by Gasteiger charge is 2.23. The number of aromatic nitrogens is 2. The number of nitrogens with zero attached hydrogens (tertiary/aromatic N) is 4. The smallest absolute Gasteiger partial charge is 0.265 e. The molecule has 3 aromatic carbocycles. The summed E-state index contributed by atoms with van der Waals surface area (Å²) in [5.41, 5.74) is 2.22. The molecular formula is C28H26FN5O3. The van der Waals surface area contributed by atoms with E-state index in [1.807, 2.05) is 23.1 Å². The van der Waals surface area contributed by atoms with Gasteiger partial charge in [-0.1, -0.05) is 12.1 Å². The fourth-order valence-electron chi connectivity index (χ4n) is 4.53. The van der Waals surface area contributed by atoms with Crippen molar-refractivity contribution in [1.82, 2.24) is 19.4 Å². The number of amides is 2. The number of piperazine rings is 1. The van der Waals surface area contributed by atoms with Crippen LogP contribution in [0.2, 0.25) is 0 Å². The molecule has 1 N–H and O–H groups in total. The van der Waals surface area contributed by atoms with Crippen LogP contribution in [0.1, 0.15) is 16.2 Å². The molecule has 8 nitrogen and oxygen atoms in total. The third-order valence-electron chi connectivity index (χ3n) is 6.47. The van der Waals surface area contributed by atoms with Gasteiger partial charge >= 0.3 is 0 Å². The summed E-state index contributed by atoms with van der Waals surface area (Å²) in [4.78, 5) is 46.7. The molecule has 0 bridgehead atoms. The lowest BCUT2D eigenvalue weighted by Gasteiger charge is -2.34. The number of carbonyl (C=O) groups is 2. The molecular weight excluding hydrogens is 473 g/mol. The summed E-state index contributed by atoms with van der Waals surface area (Å²) in [6, 6.07) is 19.8. The number of benzene rings is 3. The van der Waals surface area contributed by atoms with Crippen LogP contribution in [0.15, 0.2) is 77.6 Å². The number of hydrogen-bond donors (Lipinski definition) is 1. The lowest BCUT2D eigenvalue weighted by molar-refractivity contribution is -0.117. The van der Waals surface area contributed by atoms with Crippen LogP contribution in [-0.4, -0.2) is 63.9 Å². The summed E-state index contributed by atoms with van der Waals surface area (Å²) in [5, 5.41) is 3.30. The minimum absolute atomic E-state index is 0.0948. The Kier molecular flexibility index (Phi) is 6.78. The van der Waals surface area contributed by atoms with Gasteiger partial charge in [0, 0.05) is 37.4 Å². The van der Waals surface area contributed by atoms with Crippen LogP contribution in [0.5, 0.6) is 0 Å². The third kappa shape index (κ3) is 5.26. The first kappa shape index (κ1) is 24.3. The van der Waals surface area contributed by atoms with E-state index in [2.05, 4.69) is 10.3 Å². The van der Waals surface area contributed by atoms with Crippen LogP contribution in [0.3, 0.4) is 0 Å². The number of rotatable bonds is 5. The Morgan fingerprint density at radius 1 is 0.919 bits per heavy atom. The van der Waals surface area contributed by atoms with Gasteiger partial charge < -0.3 is 10.2 Å². The molecule has 188 valence electrons. The highest BCUT2D eigenvalue weighted by atomic mass is 19.1. The van der Waals surface area contributed by atoms with E-state index in [0.29, 0.717) is 59.8 Å². The largest absolute Gasteiger partial charge is 0.336 e. The maximum atomic E-state index is 13.1. The molecule has 1 saturated heterocycles. The van der Waals surface area contributed by atoms with Gasteiger partial charge in [0.1, 0.15) is 11.6 Å². The van der Waals surface area contributed by atoms with Crippen molar-refractivity contribution in [3.05, 3.63) is 100 Å². The fourth-order valence-corrected chi connectivity index (χ4v) is 4.53. The predicted molar refractivity (Wildman–Crippen MR) is 139 cm³/mol. The van der Waals surface area contributed by atoms with Crippen molar-refractivity contribution in [2.75, 3.05) is 38.0 Å². The molecule has 2 amide bonds. The summed E-state index contributed by atoms with van der Waals surface area (Å²) in [6.07, 6.45) is 0. The highest BCUT2D eigenvalue weighted by Crippen LogP contribution is 2.16. The van der Waals surface area contributed by atoms with Crippen molar-refractivity contribution in [3.8, 4) is 5.69 Å². The standard InChI is InChI=1S/C28H26FN5O3/c1-19-30-25-5-3-2-4-24(25)28(37)34(19)23-12-6-20(7-13-23)27(36)33-16-14-32(15-17-33)18-26(35)31-22-10-8-21(29)9-11-22/h2-13H,14-18H2,1H3,(H,31,35). The summed E-state index contributed by atoms with van der Waals surface area (Å²) < 4.78 is 14.6. The van der Waals surface area contributed by atoms with E-state index in [0.717, 1.165) is 0 Å². The van der Waals surface area contributed by atoms with E-state index < -0.39 is 0 Å². The highest BCUT2D eigenvalue weighted by molar-refractivity contribution is 5.94. The topological polar surface area (TPSA) is 87.5 Å².